The van der Waals surface area contributed by atoms with Gasteiger partial charge in [0.2, 0.25) is 0 Å². The molecule has 84 valence electrons. The molecule has 14 heavy (non-hydrogen) atoms. The van der Waals surface area contributed by atoms with Gasteiger partial charge in [0.1, 0.15) is 18.3 Å². The molecule has 0 aromatic carbocycles. The van der Waals surface area contributed by atoms with Crippen molar-refractivity contribution in [2.45, 2.75) is 30.9 Å². The number of hydrogen-bond acceptors (Lipinski definition) is 6. The summed E-state index contributed by atoms with van der Waals surface area (Å²) in [5.41, 5.74) is 0. The van der Waals surface area contributed by atoms with Crippen molar-refractivity contribution in [3.05, 3.63) is 0 Å². The molecular formula is C8H18N2O4. The normalized spacial score (nSPS) is 25.7. The third kappa shape index (κ3) is 2.88. The van der Waals surface area contributed by atoms with Crippen LogP contribution in [-0.4, -0.2) is 64.6 Å². The zero-order valence-electron chi connectivity index (χ0n) is 7.93. The Morgan fingerprint density at radius 3 is 2.21 bits per heavy atom. The van der Waals surface area contributed by atoms with Gasteiger partial charge in [-0.2, -0.15) is 0 Å². The van der Waals surface area contributed by atoms with E-state index in [9.17, 15) is 10.2 Å². The minimum Gasteiger partial charge on any atom is -0.394 e. The first-order valence-corrected chi connectivity index (χ1v) is 4.78. The van der Waals surface area contributed by atoms with E-state index in [0.717, 1.165) is 19.5 Å². The molecule has 0 unspecified atom stereocenters. The van der Waals surface area contributed by atoms with Crippen LogP contribution >= 0.6 is 0 Å². The van der Waals surface area contributed by atoms with Crippen molar-refractivity contribution >= 4 is 0 Å². The van der Waals surface area contributed by atoms with Crippen LogP contribution in [-0.2, 0) is 0 Å². The molecule has 0 saturated carbocycles. The van der Waals surface area contributed by atoms with E-state index in [1.807, 2.05) is 0 Å². The molecule has 0 radical (unpaired) electrons. The highest BCUT2D eigenvalue weighted by atomic mass is 16.4. The van der Waals surface area contributed by atoms with E-state index in [2.05, 4.69) is 10.6 Å². The van der Waals surface area contributed by atoms with Gasteiger partial charge < -0.3 is 20.4 Å². The second-order valence-electron chi connectivity index (χ2n) is 3.47. The van der Waals surface area contributed by atoms with Crippen LogP contribution in [0.2, 0.25) is 0 Å². The van der Waals surface area contributed by atoms with Gasteiger partial charge in [-0.15, -0.1) is 0 Å². The highest BCUT2D eigenvalue weighted by molar-refractivity contribution is 4.85. The van der Waals surface area contributed by atoms with E-state index in [-0.39, 0.29) is 0 Å². The molecule has 6 heteroatoms. The van der Waals surface area contributed by atoms with Gasteiger partial charge in [0.25, 0.3) is 0 Å². The maximum Gasteiger partial charge on any atom is 0.111 e. The molecule has 1 saturated heterocycles. The molecule has 6 nitrogen and oxygen atoms in total. The Kier molecular flexibility index (Phi) is 4.73. The Labute approximate surface area is 82.6 Å². The van der Waals surface area contributed by atoms with Gasteiger partial charge in [0.15, 0.2) is 0 Å². The van der Waals surface area contributed by atoms with Crippen molar-refractivity contribution in [2.75, 3.05) is 19.7 Å². The molecule has 0 aromatic rings. The van der Waals surface area contributed by atoms with Crippen LogP contribution in [0.1, 0.15) is 6.42 Å². The Balaban J connectivity index is 2.41. The summed E-state index contributed by atoms with van der Waals surface area (Å²) in [6.07, 6.45) is -3.25. The fourth-order valence-corrected chi connectivity index (χ4v) is 1.45. The molecular weight excluding hydrogens is 188 g/mol. The van der Waals surface area contributed by atoms with E-state index in [0.29, 0.717) is 0 Å². The fourth-order valence-electron chi connectivity index (χ4n) is 1.45. The first kappa shape index (κ1) is 11.8. The SMILES string of the molecule is OC[C@H](O)[C@H](O)[C@@H](O)C1NCCCN1. The molecule has 0 amide bonds. The topological polar surface area (TPSA) is 105 Å². The molecule has 6 N–H and O–H groups in total. The van der Waals surface area contributed by atoms with Gasteiger partial charge in [0, 0.05) is 0 Å². The van der Waals surface area contributed by atoms with Crippen LogP contribution in [0.15, 0.2) is 0 Å². The second kappa shape index (κ2) is 5.59. The summed E-state index contributed by atoms with van der Waals surface area (Å²) >= 11 is 0. The van der Waals surface area contributed by atoms with Crippen LogP contribution in [0.25, 0.3) is 0 Å². The quantitative estimate of drug-likeness (QED) is 0.292. The summed E-state index contributed by atoms with van der Waals surface area (Å²) in [7, 11) is 0. The third-order valence-corrected chi connectivity index (χ3v) is 2.35. The van der Waals surface area contributed by atoms with E-state index >= 15 is 0 Å². The van der Waals surface area contributed by atoms with E-state index in [4.69, 9.17) is 10.2 Å². The van der Waals surface area contributed by atoms with Crippen LogP contribution in [0.3, 0.4) is 0 Å². The third-order valence-electron chi connectivity index (χ3n) is 2.35. The molecule has 0 aliphatic carbocycles. The summed E-state index contributed by atoms with van der Waals surface area (Å²) in [4.78, 5) is 0. The smallest absolute Gasteiger partial charge is 0.111 e. The lowest BCUT2D eigenvalue weighted by molar-refractivity contribution is -0.0920. The molecule has 1 aliphatic rings. The summed E-state index contributed by atoms with van der Waals surface area (Å²) in [6, 6.07) is 0. The Hall–Kier alpha value is -0.240. The monoisotopic (exact) mass is 206 g/mol. The Morgan fingerprint density at radius 2 is 1.71 bits per heavy atom. The predicted octanol–water partition coefficient (Wildman–Crippen LogP) is -3.03. The summed E-state index contributed by atoms with van der Waals surface area (Å²) < 4.78 is 0. The maximum atomic E-state index is 9.60. The van der Waals surface area contributed by atoms with Crippen molar-refractivity contribution in [1.29, 1.82) is 0 Å². The number of hydrogen-bond donors (Lipinski definition) is 6. The lowest BCUT2D eigenvalue weighted by Crippen LogP contribution is -2.60. The largest absolute Gasteiger partial charge is 0.394 e. The van der Waals surface area contributed by atoms with Gasteiger partial charge >= 0.3 is 0 Å². The molecule has 1 fully saturated rings. The molecule has 3 atom stereocenters. The van der Waals surface area contributed by atoms with Crippen LogP contribution in [0, 0.1) is 0 Å². The number of aliphatic hydroxyl groups is 4. The first-order valence-electron chi connectivity index (χ1n) is 4.78. The van der Waals surface area contributed by atoms with E-state index < -0.39 is 31.1 Å². The maximum absolute atomic E-state index is 9.60. The standard InChI is InChI=1S/C8H18N2O4/c11-4-5(12)6(13)7(14)8-9-2-1-3-10-8/h5-14H,1-4H2/t5-,6-,7+/m0/s1. The molecule has 0 spiro atoms. The van der Waals surface area contributed by atoms with Crippen LogP contribution < -0.4 is 10.6 Å². The molecule has 1 rings (SSSR count). The average Bonchev–Trinajstić information content (AvgIpc) is 2.27. The minimum atomic E-state index is -1.34. The zero-order valence-corrected chi connectivity index (χ0v) is 7.93. The number of rotatable bonds is 4. The highest BCUT2D eigenvalue weighted by Gasteiger charge is 2.31. The lowest BCUT2D eigenvalue weighted by atomic mass is 10.0. The van der Waals surface area contributed by atoms with Gasteiger partial charge in [-0.3, -0.25) is 10.6 Å². The van der Waals surface area contributed by atoms with Gasteiger partial charge in [0.05, 0.1) is 12.8 Å². The van der Waals surface area contributed by atoms with Crippen LogP contribution in [0.4, 0.5) is 0 Å². The average molecular weight is 206 g/mol. The van der Waals surface area contributed by atoms with Gasteiger partial charge in [-0.25, -0.2) is 0 Å². The van der Waals surface area contributed by atoms with Crippen molar-refractivity contribution in [3.8, 4) is 0 Å². The summed E-state index contributed by atoms with van der Waals surface area (Å²) in [6.45, 7) is 0.957. The van der Waals surface area contributed by atoms with Crippen molar-refractivity contribution in [1.82, 2.24) is 10.6 Å². The lowest BCUT2D eigenvalue weighted by Gasteiger charge is -2.33. The Morgan fingerprint density at radius 1 is 1.14 bits per heavy atom. The molecule has 1 heterocycles. The fraction of sp³-hybridized carbons (Fsp3) is 1.00. The van der Waals surface area contributed by atoms with Crippen molar-refractivity contribution in [3.63, 3.8) is 0 Å². The first-order chi connectivity index (χ1) is 6.66. The van der Waals surface area contributed by atoms with E-state index in [1.54, 1.807) is 0 Å². The number of nitrogens with one attached hydrogen (secondary N) is 2. The van der Waals surface area contributed by atoms with Gasteiger partial charge in [-0.1, -0.05) is 0 Å². The summed E-state index contributed by atoms with van der Waals surface area (Å²) in [5.74, 6) is 0. The van der Waals surface area contributed by atoms with Crippen molar-refractivity contribution < 1.29 is 20.4 Å². The number of aliphatic hydroxyl groups excluding tert-OH is 4. The molecule has 0 bridgehead atoms. The molecule has 1 aliphatic heterocycles. The molecule has 0 aromatic heterocycles. The van der Waals surface area contributed by atoms with Gasteiger partial charge in [-0.05, 0) is 19.5 Å². The van der Waals surface area contributed by atoms with Crippen LogP contribution in [0.5, 0.6) is 0 Å². The predicted molar refractivity (Wildman–Crippen MR) is 49.5 cm³/mol. The Bertz CT molecular complexity index is 161. The zero-order chi connectivity index (χ0) is 10.6. The summed E-state index contributed by atoms with van der Waals surface area (Å²) in [5, 5.41) is 42.6. The van der Waals surface area contributed by atoms with E-state index in [1.165, 1.54) is 0 Å². The van der Waals surface area contributed by atoms with Crippen molar-refractivity contribution in [2.24, 2.45) is 0 Å². The minimum absolute atomic E-state index is 0.431. The highest BCUT2D eigenvalue weighted by Crippen LogP contribution is 2.05. The second-order valence-corrected chi connectivity index (χ2v) is 3.47.